The molecule has 2 amide bonds. The minimum Gasteiger partial charge on any atom is -0.456 e. The highest BCUT2D eigenvalue weighted by Gasteiger charge is 2.30. The summed E-state index contributed by atoms with van der Waals surface area (Å²) >= 11 is 3.33. The number of thiophene rings is 2. The van der Waals surface area contributed by atoms with Crippen molar-refractivity contribution >= 4 is 39.7 Å². The molecule has 3 aromatic heterocycles. The number of likely N-dealkylation sites (N-methyl/N-ethyl adjacent to an activating group) is 1. The molecule has 0 radical (unpaired) electrons. The van der Waals surface area contributed by atoms with Gasteiger partial charge in [0.2, 0.25) is 0 Å². The summed E-state index contributed by atoms with van der Waals surface area (Å²) < 4.78 is 7.88. The molecule has 0 fully saturated rings. The normalized spacial score (nSPS) is 16.0. The molecule has 9 heteroatoms. The summed E-state index contributed by atoms with van der Waals surface area (Å²) in [7, 11) is 2.15. The second-order valence-electron chi connectivity index (χ2n) is 10.9. The highest BCUT2D eigenvalue weighted by atomic mass is 32.1. The number of nitrogens with zero attached hydrogens (tertiary/aromatic N) is 2. The average molecular weight is 541 g/mol. The van der Waals surface area contributed by atoms with Gasteiger partial charge in [0, 0.05) is 47.3 Å². The van der Waals surface area contributed by atoms with Crippen molar-refractivity contribution in [3.8, 4) is 5.00 Å². The molecular weight excluding hydrogens is 504 g/mol. The van der Waals surface area contributed by atoms with E-state index >= 15 is 0 Å². The summed E-state index contributed by atoms with van der Waals surface area (Å²) in [5.41, 5.74) is 3.52. The van der Waals surface area contributed by atoms with Crippen LogP contribution < -0.4 is 10.6 Å². The Morgan fingerprint density at radius 2 is 1.76 bits per heavy atom. The Morgan fingerprint density at radius 1 is 1.00 bits per heavy atom. The summed E-state index contributed by atoms with van der Waals surface area (Å²) in [4.78, 5) is 31.3. The van der Waals surface area contributed by atoms with E-state index in [1.165, 1.54) is 32.2 Å². The predicted octanol–water partition coefficient (Wildman–Crippen LogP) is 6.13. The number of amides is 2. The lowest BCUT2D eigenvalue weighted by Crippen LogP contribution is -2.31. The van der Waals surface area contributed by atoms with Gasteiger partial charge in [0.15, 0.2) is 0 Å². The van der Waals surface area contributed by atoms with E-state index in [-0.39, 0.29) is 12.0 Å². The Kier molecular flexibility index (Phi) is 7.47. The fourth-order valence-corrected chi connectivity index (χ4v) is 7.82. The van der Waals surface area contributed by atoms with Crippen LogP contribution in [0.4, 0.5) is 9.80 Å². The maximum absolute atomic E-state index is 13.2. The SMILES string of the molecule is CN1CCc2c(sc(-n3cccc3)c2CNC(=O)Nc2sc3c(c2C(=O)OC(C)(C)C)CCCCC3)C1. The van der Waals surface area contributed by atoms with E-state index in [0.717, 1.165) is 62.2 Å². The lowest BCUT2D eigenvalue weighted by molar-refractivity contribution is 0.00700. The van der Waals surface area contributed by atoms with Crippen molar-refractivity contribution in [2.45, 2.75) is 78.0 Å². The minimum atomic E-state index is -0.600. The molecule has 0 aromatic carbocycles. The van der Waals surface area contributed by atoms with Crippen molar-refractivity contribution in [2.24, 2.45) is 0 Å². The highest BCUT2D eigenvalue weighted by molar-refractivity contribution is 7.17. The smallest absolute Gasteiger partial charge is 0.341 e. The van der Waals surface area contributed by atoms with Gasteiger partial charge in [-0.2, -0.15) is 0 Å². The van der Waals surface area contributed by atoms with Gasteiger partial charge in [-0.1, -0.05) is 6.42 Å². The van der Waals surface area contributed by atoms with E-state index in [1.54, 1.807) is 11.3 Å². The van der Waals surface area contributed by atoms with Crippen LogP contribution in [-0.4, -0.2) is 40.7 Å². The van der Waals surface area contributed by atoms with Crippen molar-refractivity contribution in [1.29, 1.82) is 0 Å². The monoisotopic (exact) mass is 540 g/mol. The summed E-state index contributed by atoms with van der Waals surface area (Å²) in [6.45, 7) is 7.99. The molecule has 4 heterocycles. The first kappa shape index (κ1) is 26.0. The maximum atomic E-state index is 13.2. The van der Waals surface area contributed by atoms with Crippen LogP contribution in [0.2, 0.25) is 0 Å². The van der Waals surface area contributed by atoms with Crippen LogP contribution in [0.1, 0.15) is 76.8 Å². The van der Waals surface area contributed by atoms with Gasteiger partial charge in [-0.3, -0.25) is 5.32 Å². The van der Waals surface area contributed by atoms with E-state index in [2.05, 4.69) is 39.5 Å². The molecule has 0 atom stereocenters. The van der Waals surface area contributed by atoms with E-state index in [4.69, 9.17) is 4.74 Å². The number of anilines is 1. The number of esters is 1. The second-order valence-corrected chi connectivity index (χ2v) is 13.1. The quantitative estimate of drug-likeness (QED) is 0.301. The molecular formula is C28H36N4O3S2. The Labute approximate surface area is 226 Å². The molecule has 7 nitrogen and oxygen atoms in total. The summed E-state index contributed by atoms with van der Waals surface area (Å²) in [5, 5.41) is 7.85. The number of urea groups is 1. The van der Waals surface area contributed by atoms with Crippen LogP contribution in [0.25, 0.3) is 5.00 Å². The number of carbonyl (C=O) groups excluding carboxylic acids is 2. The Morgan fingerprint density at radius 3 is 2.51 bits per heavy atom. The third-order valence-corrected chi connectivity index (χ3v) is 9.33. The van der Waals surface area contributed by atoms with Gasteiger partial charge < -0.3 is 19.5 Å². The Bertz CT molecular complexity index is 1280. The topological polar surface area (TPSA) is 75.6 Å². The van der Waals surface area contributed by atoms with Crippen molar-refractivity contribution in [3.63, 3.8) is 0 Å². The molecule has 0 saturated heterocycles. The maximum Gasteiger partial charge on any atom is 0.341 e. The van der Waals surface area contributed by atoms with Crippen LogP contribution in [0.5, 0.6) is 0 Å². The van der Waals surface area contributed by atoms with Gasteiger partial charge in [-0.15, -0.1) is 22.7 Å². The fraction of sp³-hybridized carbons (Fsp3) is 0.500. The van der Waals surface area contributed by atoms with Crippen LogP contribution in [0.3, 0.4) is 0 Å². The molecule has 198 valence electrons. The van der Waals surface area contributed by atoms with E-state index in [1.807, 2.05) is 32.9 Å². The number of fused-ring (bicyclic) bond motifs is 2. The average Bonchev–Trinajstić information content (AvgIpc) is 3.50. The lowest BCUT2D eigenvalue weighted by Gasteiger charge is -2.23. The van der Waals surface area contributed by atoms with Crippen molar-refractivity contribution < 1.29 is 14.3 Å². The number of aromatic nitrogens is 1. The summed E-state index contributed by atoms with van der Waals surface area (Å²) in [5.74, 6) is -0.354. The van der Waals surface area contributed by atoms with Crippen LogP contribution in [0, 0.1) is 0 Å². The molecule has 0 spiro atoms. The van der Waals surface area contributed by atoms with E-state index < -0.39 is 5.60 Å². The standard InChI is InChI=1S/C28H36N4O3S2/c1-28(2,3)35-26(33)23-19-10-6-5-7-11-21(19)36-24(23)30-27(34)29-16-20-18-12-15-31(4)17-22(18)37-25(20)32-13-8-9-14-32/h8-9,13-14H,5-7,10-12,15-17H2,1-4H3,(H2,29,30,34). The van der Waals surface area contributed by atoms with E-state index in [9.17, 15) is 9.59 Å². The number of ether oxygens (including phenoxy) is 1. The number of aryl methyl sites for hydroxylation is 1. The summed E-state index contributed by atoms with van der Waals surface area (Å²) in [6, 6.07) is 3.74. The summed E-state index contributed by atoms with van der Waals surface area (Å²) in [6.07, 6.45) is 10.2. The third-order valence-electron chi connectivity index (χ3n) is 6.85. The van der Waals surface area contributed by atoms with Gasteiger partial charge in [0.25, 0.3) is 0 Å². The molecule has 2 N–H and O–H groups in total. The van der Waals surface area contributed by atoms with E-state index in [0.29, 0.717) is 17.1 Å². The number of hydrogen-bond acceptors (Lipinski definition) is 6. The fourth-order valence-electron chi connectivity index (χ4n) is 5.13. The van der Waals surface area contributed by atoms with Crippen molar-refractivity contribution in [3.05, 3.63) is 56.5 Å². The Balaban J connectivity index is 1.37. The number of carbonyl (C=O) groups is 2. The first-order valence-electron chi connectivity index (χ1n) is 13.1. The molecule has 0 unspecified atom stereocenters. The van der Waals surface area contributed by atoms with Gasteiger partial charge in [-0.05, 0) is 83.2 Å². The minimum absolute atomic E-state index is 0.299. The van der Waals surface area contributed by atoms with Crippen LogP contribution in [0.15, 0.2) is 24.5 Å². The Hall–Kier alpha value is -2.62. The first-order chi connectivity index (χ1) is 17.7. The largest absolute Gasteiger partial charge is 0.456 e. The number of hydrogen-bond donors (Lipinski definition) is 2. The molecule has 3 aromatic rings. The van der Waals surface area contributed by atoms with Gasteiger partial charge >= 0.3 is 12.0 Å². The van der Waals surface area contributed by atoms with Crippen LogP contribution in [-0.2, 0) is 37.1 Å². The van der Waals surface area contributed by atoms with Crippen molar-refractivity contribution in [1.82, 2.24) is 14.8 Å². The number of nitrogens with one attached hydrogen (secondary N) is 2. The zero-order valence-electron chi connectivity index (χ0n) is 22.1. The predicted molar refractivity (Wildman–Crippen MR) is 150 cm³/mol. The molecule has 2 aliphatic rings. The third kappa shape index (κ3) is 5.78. The van der Waals surface area contributed by atoms with Crippen molar-refractivity contribution in [2.75, 3.05) is 18.9 Å². The van der Waals surface area contributed by atoms with Crippen LogP contribution >= 0.6 is 22.7 Å². The second kappa shape index (κ2) is 10.6. The number of rotatable bonds is 5. The molecule has 5 rings (SSSR count). The van der Waals surface area contributed by atoms with Gasteiger partial charge in [-0.25, -0.2) is 9.59 Å². The zero-order valence-corrected chi connectivity index (χ0v) is 23.7. The molecule has 0 bridgehead atoms. The lowest BCUT2D eigenvalue weighted by atomic mass is 10.0. The molecule has 1 aliphatic carbocycles. The highest BCUT2D eigenvalue weighted by Crippen LogP contribution is 2.39. The molecule has 0 saturated carbocycles. The van der Waals surface area contributed by atoms with Gasteiger partial charge in [0.05, 0.1) is 5.56 Å². The first-order valence-corrected chi connectivity index (χ1v) is 14.7. The van der Waals surface area contributed by atoms with Gasteiger partial charge in [0.1, 0.15) is 15.6 Å². The zero-order chi connectivity index (χ0) is 26.2. The molecule has 1 aliphatic heterocycles. The molecule has 37 heavy (non-hydrogen) atoms.